The van der Waals surface area contributed by atoms with Gasteiger partial charge >= 0.3 is 0 Å². The van der Waals surface area contributed by atoms with Crippen LogP contribution in [0.15, 0.2) is 35.1 Å². The number of Topliss-reactive ketones (excluding diaryl/α,β-unsaturated/α-hetero) is 1. The van der Waals surface area contributed by atoms with Gasteiger partial charge in [-0.15, -0.1) is 0 Å². The first kappa shape index (κ1) is 14.0. The number of rotatable bonds is 1. The van der Waals surface area contributed by atoms with Crippen LogP contribution in [0.2, 0.25) is 5.02 Å². The fraction of sp³-hybridized carbons (Fsp3) is 0.312. The Morgan fingerprint density at radius 3 is 2.62 bits per heavy atom. The summed E-state index contributed by atoms with van der Waals surface area (Å²) in [6, 6.07) is 8.46. The quantitative estimate of drug-likeness (QED) is 0.813. The zero-order valence-electron chi connectivity index (χ0n) is 11.9. The van der Waals surface area contributed by atoms with Crippen molar-refractivity contribution < 1.29 is 4.79 Å². The molecule has 0 spiro atoms. The SMILES string of the molecule is CC1(C)CC(=O)c2nn(-c3ccccc3Cl)c(=O)cc2C1. The van der Waals surface area contributed by atoms with Crippen LogP contribution in [0.1, 0.15) is 36.3 Å². The minimum atomic E-state index is -0.271. The van der Waals surface area contributed by atoms with Crippen LogP contribution in [0.3, 0.4) is 0 Å². The second-order valence-electron chi connectivity index (χ2n) is 6.16. The molecule has 1 aromatic heterocycles. The maximum atomic E-state index is 12.3. The van der Waals surface area contributed by atoms with Crippen LogP contribution in [-0.2, 0) is 6.42 Å². The predicted molar refractivity (Wildman–Crippen MR) is 81.3 cm³/mol. The van der Waals surface area contributed by atoms with Crippen molar-refractivity contribution in [2.24, 2.45) is 5.41 Å². The number of ketones is 1. The van der Waals surface area contributed by atoms with Crippen molar-refractivity contribution in [1.82, 2.24) is 9.78 Å². The van der Waals surface area contributed by atoms with Gasteiger partial charge in [0.25, 0.3) is 5.56 Å². The Bertz CT molecular complexity index is 793. The number of carbonyl (C=O) groups is 1. The van der Waals surface area contributed by atoms with Crippen LogP contribution in [0, 0.1) is 5.41 Å². The molecule has 0 aliphatic heterocycles. The first-order valence-electron chi connectivity index (χ1n) is 6.79. The highest BCUT2D eigenvalue weighted by Crippen LogP contribution is 2.33. The van der Waals surface area contributed by atoms with Gasteiger partial charge in [0, 0.05) is 12.5 Å². The molecule has 0 unspecified atom stereocenters. The summed E-state index contributed by atoms with van der Waals surface area (Å²) < 4.78 is 1.21. The lowest BCUT2D eigenvalue weighted by Crippen LogP contribution is -2.33. The fourth-order valence-corrected chi connectivity index (χ4v) is 2.97. The smallest absolute Gasteiger partial charge is 0.271 e. The summed E-state index contributed by atoms with van der Waals surface area (Å²) in [5, 5.41) is 4.69. The zero-order valence-corrected chi connectivity index (χ0v) is 12.6. The molecule has 0 bridgehead atoms. The second kappa shape index (κ2) is 4.81. The molecule has 2 aromatic rings. The topological polar surface area (TPSA) is 52.0 Å². The van der Waals surface area contributed by atoms with Gasteiger partial charge in [-0.05, 0) is 29.5 Å². The summed E-state index contributed by atoms with van der Waals surface area (Å²) >= 11 is 6.11. The number of nitrogens with zero attached hydrogens (tertiary/aromatic N) is 2. The highest BCUT2D eigenvalue weighted by molar-refractivity contribution is 6.32. The Morgan fingerprint density at radius 1 is 1.19 bits per heavy atom. The molecule has 3 rings (SSSR count). The van der Waals surface area contributed by atoms with Crippen LogP contribution in [0.5, 0.6) is 0 Å². The van der Waals surface area contributed by atoms with E-state index in [0.717, 1.165) is 5.56 Å². The predicted octanol–water partition coefficient (Wildman–Crippen LogP) is 3.04. The molecule has 0 N–H and O–H groups in total. The average molecular weight is 303 g/mol. The van der Waals surface area contributed by atoms with Crippen LogP contribution in [-0.4, -0.2) is 15.6 Å². The molecule has 1 heterocycles. The van der Waals surface area contributed by atoms with Gasteiger partial charge in [0.15, 0.2) is 5.78 Å². The summed E-state index contributed by atoms with van der Waals surface area (Å²) in [4.78, 5) is 24.6. The summed E-state index contributed by atoms with van der Waals surface area (Å²) in [5.74, 6) is -0.0259. The maximum absolute atomic E-state index is 12.3. The molecular weight excluding hydrogens is 288 g/mol. The number of para-hydroxylation sites is 1. The fourth-order valence-electron chi connectivity index (χ4n) is 2.75. The molecule has 1 aliphatic carbocycles. The third-order valence-electron chi connectivity index (χ3n) is 3.66. The van der Waals surface area contributed by atoms with Crippen molar-refractivity contribution in [1.29, 1.82) is 0 Å². The van der Waals surface area contributed by atoms with E-state index < -0.39 is 0 Å². The molecular formula is C16H15ClN2O2. The number of benzene rings is 1. The monoisotopic (exact) mass is 302 g/mol. The Morgan fingerprint density at radius 2 is 1.90 bits per heavy atom. The lowest BCUT2D eigenvalue weighted by Gasteiger charge is -2.29. The van der Waals surface area contributed by atoms with Crippen molar-refractivity contribution in [3.63, 3.8) is 0 Å². The number of hydrogen-bond donors (Lipinski definition) is 0. The maximum Gasteiger partial charge on any atom is 0.271 e. The van der Waals surface area contributed by atoms with Crippen molar-refractivity contribution in [3.05, 3.63) is 57.0 Å². The van der Waals surface area contributed by atoms with E-state index in [9.17, 15) is 9.59 Å². The normalized spacial score (nSPS) is 16.6. The molecule has 0 atom stereocenters. The van der Waals surface area contributed by atoms with E-state index >= 15 is 0 Å². The van der Waals surface area contributed by atoms with Gasteiger partial charge in [-0.2, -0.15) is 9.78 Å². The Kier molecular flexibility index (Phi) is 3.21. The van der Waals surface area contributed by atoms with E-state index in [-0.39, 0.29) is 16.8 Å². The molecule has 1 aliphatic rings. The standard InChI is InChI=1S/C16H15ClN2O2/c1-16(2)8-10-7-14(21)19(18-15(10)13(20)9-16)12-6-4-3-5-11(12)17/h3-7H,8-9H2,1-2H3. The first-order chi connectivity index (χ1) is 9.87. The molecule has 0 amide bonds. The highest BCUT2D eigenvalue weighted by Gasteiger charge is 2.33. The lowest BCUT2D eigenvalue weighted by molar-refractivity contribution is 0.0903. The molecule has 21 heavy (non-hydrogen) atoms. The van der Waals surface area contributed by atoms with E-state index in [1.165, 1.54) is 10.7 Å². The van der Waals surface area contributed by atoms with Gasteiger partial charge in [-0.3, -0.25) is 9.59 Å². The third-order valence-corrected chi connectivity index (χ3v) is 3.98. The van der Waals surface area contributed by atoms with Gasteiger partial charge in [-0.25, -0.2) is 0 Å². The minimum Gasteiger partial charge on any atom is -0.292 e. The van der Waals surface area contributed by atoms with Crippen molar-refractivity contribution >= 4 is 17.4 Å². The number of fused-ring (bicyclic) bond motifs is 1. The largest absolute Gasteiger partial charge is 0.292 e. The first-order valence-corrected chi connectivity index (χ1v) is 7.16. The number of halogens is 1. The molecule has 0 saturated heterocycles. The summed E-state index contributed by atoms with van der Waals surface area (Å²) in [7, 11) is 0. The van der Waals surface area contributed by atoms with E-state index in [1.807, 2.05) is 13.8 Å². The minimum absolute atomic E-state index is 0.0259. The van der Waals surface area contributed by atoms with Gasteiger partial charge < -0.3 is 0 Å². The van der Waals surface area contributed by atoms with Crippen molar-refractivity contribution in [2.45, 2.75) is 26.7 Å². The summed E-state index contributed by atoms with van der Waals surface area (Å²) in [5.41, 5.74) is 1.20. The van der Waals surface area contributed by atoms with Gasteiger partial charge in [0.1, 0.15) is 5.69 Å². The van der Waals surface area contributed by atoms with E-state index in [4.69, 9.17) is 11.6 Å². The van der Waals surface area contributed by atoms with Crippen molar-refractivity contribution in [2.75, 3.05) is 0 Å². The summed E-state index contributed by atoms with van der Waals surface area (Å²) in [6.07, 6.45) is 1.12. The molecule has 0 saturated carbocycles. The van der Waals surface area contributed by atoms with Gasteiger partial charge in [0.05, 0.1) is 10.7 Å². The molecule has 0 radical (unpaired) electrons. The van der Waals surface area contributed by atoms with Crippen LogP contribution in [0.4, 0.5) is 0 Å². The highest BCUT2D eigenvalue weighted by atomic mass is 35.5. The van der Waals surface area contributed by atoms with Crippen LogP contribution in [0.25, 0.3) is 5.69 Å². The molecule has 108 valence electrons. The van der Waals surface area contributed by atoms with Crippen LogP contribution >= 0.6 is 11.6 Å². The van der Waals surface area contributed by atoms with E-state index in [2.05, 4.69) is 5.10 Å². The lowest BCUT2D eigenvalue weighted by atomic mass is 9.75. The Balaban J connectivity index is 2.20. The average Bonchev–Trinajstić information content (AvgIpc) is 2.38. The van der Waals surface area contributed by atoms with E-state index in [1.54, 1.807) is 24.3 Å². The zero-order chi connectivity index (χ0) is 15.2. The second-order valence-corrected chi connectivity index (χ2v) is 6.57. The van der Waals surface area contributed by atoms with Gasteiger partial charge in [0.2, 0.25) is 0 Å². The third kappa shape index (κ3) is 2.51. The van der Waals surface area contributed by atoms with Crippen molar-refractivity contribution in [3.8, 4) is 5.69 Å². The summed E-state index contributed by atoms with van der Waals surface area (Å²) in [6.45, 7) is 4.04. The van der Waals surface area contributed by atoms with E-state index in [0.29, 0.717) is 29.2 Å². The number of aromatic nitrogens is 2. The molecule has 1 aromatic carbocycles. The number of carbonyl (C=O) groups excluding carboxylic acids is 1. The Hall–Kier alpha value is -1.94. The van der Waals surface area contributed by atoms with Gasteiger partial charge in [-0.1, -0.05) is 37.6 Å². The Labute approximate surface area is 127 Å². The molecule has 5 heteroatoms. The molecule has 4 nitrogen and oxygen atoms in total. The van der Waals surface area contributed by atoms with Crippen LogP contribution < -0.4 is 5.56 Å². The number of hydrogen-bond acceptors (Lipinski definition) is 3. The molecule has 0 fully saturated rings.